The van der Waals surface area contributed by atoms with Gasteiger partial charge < -0.3 is 10.8 Å². The van der Waals surface area contributed by atoms with Crippen molar-refractivity contribution in [2.24, 2.45) is 10.8 Å². The number of carboxylic acid groups (broad SMARTS) is 1. The minimum atomic E-state index is -5.04. The number of aliphatic carboxylic acids is 1. The number of aromatic nitrogens is 1. The highest BCUT2D eigenvalue weighted by molar-refractivity contribution is 6.15. The van der Waals surface area contributed by atoms with E-state index in [1.54, 1.807) is 0 Å². The fourth-order valence-corrected chi connectivity index (χ4v) is 2.13. The Hall–Kier alpha value is -3.57. The van der Waals surface area contributed by atoms with Crippen LogP contribution in [-0.4, -0.2) is 21.9 Å². The minimum Gasteiger partial charge on any atom is -0.478 e. The highest BCUT2D eigenvalue weighted by Crippen LogP contribution is 2.36. The highest BCUT2D eigenvalue weighted by Gasteiger charge is 2.37. The van der Waals surface area contributed by atoms with Crippen LogP contribution in [0.4, 0.5) is 26.3 Å². The van der Waals surface area contributed by atoms with E-state index >= 15 is 0 Å². The van der Waals surface area contributed by atoms with Crippen molar-refractivity contribution < 1.29 is 36.2 Å². The van der Waals surface area contributed by atoms with E-state index in [4.69, 9.17) is 5.73 Å². The Bertz CT molecular complexity index is 920. The Morgan fingerprint density at radius 3 is 1.97 bits per heavy atom. The Morgan fingerprint density at radius 2 is 1.52 bits per heavy atom. The van der Waals surface area contributed by atoms with E-state index in [1.165, 1.54) is 24.5 Å². The number of hydrogen-bond acceptors (Lipinski definition) is 4. The molecule has 6 nitrogen and oxygen atoms in total. The lowest BCUT2D eigenvalue weighted by atomic mass is 10.0. The number of rotatable bonds is 5. The predicted octanol–water partition coefficient (Wildman–Crippen LogP) is 3.45. The first-order valence-electron chi connectivity index (χ1n) is 7.62. The Balaban J connectivity index is 2.39. The number of benzene rings is 1. The number of nitrogens with one attached hydrogen (secondary N) is 1. The summed E-state index contributed by atoms with van der Waals surface area (Å²) in [4.78, 5) is 15.0. The molecule has 0 aliphatic carbocycles. The molecule has 0 spiro atoms. The topological polar surface area (TPSA) is 101 Å². The molecule has 0 atom stereocenters. The summed E-state index contributed by atoms with van der Waals surface area (Å²) in [5.74, 6) is -2.08. The van der Waals surface area contributed by atoms with Gasteiger partial charge in [-0.15, -0.1) is 0 Å². The number of carboxylic acids is 1. The van der Waals surface area contributed by atoms with Crippen LogP contribution < -0.4 is 11.2 Å². The lowest BCUT2D eigenvalue weighted by molar-refractivity contribution is -0.143. The van der Waals surface area contributed by atoms with Crippen molar-refractivity contribution in [3.05, 3.63) is 71.2 Å². The van der Waals surface area contributed by atoms with Gasteiger partial charge in [0, 0.05) is 24.2 Å². The van der Waals surface area contributed by atoms with Crippen molar-refractivity contribution in [2.75, 3.05) is 0 Å². The van der Waals surface area contributed by atoms with Crippen LogP contribution in [0.3, 0.4) is 0 Å². The molecule has 0 radical (unpaired) electrons. The molecule has 2 rings (SSSR count). The Labute approximate surface area is 159 Å². The molecule has 0 aliphatic rings. The molecule has 154 valence electrons. The summed E-state index contributed by atoms with van der Waals surface area (Å²) < 4.78 is 77.3. The van der Waals surface area contributed by atoms with Crippen molar-refractivity contribution in [1.82, 2.24) is 10.4 Å². The normalized spacial score (nSPS) is 13.3. The van der Waals surface area contributed by atoms with E-state index in [1.807, 2.05) is 0 Å². The maximum Gasteiger partial charge on any atom is 0.416 e. The summed E-state index contributed by atoms with van der Waals surface area (Å²) in [7, 11) is 0. The van der Waals surface area contributed by atoms with Gasteiger partial charge in [-0.1, -0.05) is 0 Å². The molecule has 0 saturated heterocycles. The number of hydrogen-bond donors (Lipinski definition) is 3. The maximum absolute atomic E-state index is 12.9. The molecule has 1 aromatic heterocycles. The van der Waals surface area contributed by atoms with Gasteiger partial charge >= 0.3 is 18.3 Å². The molecule has 0 bridgehead atoms. The van der Waals surface area contributed by atoms with E-state index in [0.717, 1.165) is 6.20 Å². The van der Waals surface area contributed by atoms with Gasteiger partial charge in [-0.3, -0.25) is 10.4 Å². The van der Waals surface area contributed by atoms with Gasteiger partial charge in [-0.25, -0.2) is 4.79 Å². The van der Waals surface area contributed by atoms with Gasteiger partial charge in [-0.2, -0.15) is 31.4 Å². The lowest BCUT2D eigenvalue weighted by Crippen LogP contribution is -2.20. The predicted molar refractivity (Wildman–Crippen MR) is 90.2 cm³/mol. The van der Waals surface area contributed by atoms with Crippen LogP contribution in [0.2, 0.25) is 0 Å². The molecule has 1 aromatic carbocycles. The van der Waals surface area contributed by atoms with Crippen LogP contribution in [-0.2, 0) is 17.1 Å². The number of hydrazone groups is 1. The summed E-state index contributed by atoms with van der Waals surface area (Å²) in [5.41, 5.74) is 3.79. The molecule has 2 aromatic rings. The van der Waals surface area contributed by atoms with Crippen molar-refractivity contribution in [2.45, 2.75) is 12.4 Å². The quantitative estimate of drug-likeness (QED) is 0.227. The van der Waals surface area contributed by atoms with Gasteiger partial charge in [0.25, 0.3) is 0 Å². The molecular weight excluding hydrogens is 406 g/mol. The zero-order valence-electron chi connectivity index (χ0n) is 14.2. The molecule has 4 N–H and O–H groups in total. The van der Waals surface area contributed by atoms with Crippen LogP contribution in [0.1, 0.15) is 22.3 Å². The standard InChI is InChI=1S/C17H12F6N4O2/c18-16(19,20)11-5-10(6-12(7-11)17(21,22)23)14(24)27-26-8-13(15(28)29)9-1-3-25-4-2-9/h1-8,26H,(H2,24,27)(H,28,29)/b13-8+. The third-order valence-electron chi connectivity index (χ3n) is 3.50. The number of nitrogens with two attached hydrogens (primary N) is 1. The Kier molecular flexibility index (Phi) is 6.15. The van der Waals surface area contributed by atoms with E-state index in [0.29, 0.717) is 12.1 Å². The smallest absolute Gasteiger partial charge is 0.416 e. The summed E-state index contributed by atoms with van der Waals surface area (Å²) in [6.07, 6.45) is -6.55. The van der Waals surface area contributed by atoms with Crippen LogP contribution in [0.15, 0.2) is 54.0 Å². The van der Waals surface area contributed by atoms with Crippen LogP contribution in [0.25, 0.3) is 5.57 Å². The second kappa shape index (κ2) is 8.20. The van der Waals surface area contributed by atoms with Crippen LogP contribution >= 0.6 is 0 Å². The number of amidine groups is 1. The molecule has 1 heterocycles. The molecule has 29 heavy (non-hydrogen) atoms. The van der Waals surface area contributed by atoms with Crippen molar-refractivity contribution in [3.8, 4) is 0 Å². The van der Waals surface area contributed by atoms with Gasteiger partial charge in [0.1, 0.15) is 0 Å². The first-order valence-corrected chi connectivity index (χ1v) is 7.62. The molecule has 12 heteroatoms. The fraction of sp³-hybridized carbons (Fsp3) is 0.118. The van der Waals surface area contributed by atoms with Gasteiger partial charge in [0.2, 0.25) is 0 Å². The van der Waals surface area contributed by atoms with Crippen molar-refractivity contribution >= 4 is 17.4 Å². The van der Waals surface area contributed by atoms with Crippen LogP contribution in [0, 0.1) is 0 Å². The average molecular weight is 418 g/mol. The second-order valence-electron chi connectivity index (χ2n) is 5.52. The first kappa shape index (κ1) is 21.7. The zero-order chi connectivity index (χ0) is 21.8. The molecular formula is C17H12F6N4O2. The summed E-state index contributed by atoms with van der Waals surface area (Å²) in [6, 6.07) is 3.51. The minimum absolute atomic E-state index is 0.0456. The third-order valence-corrected chi connectivity index (χ3v) is 3.50. The first-order chi connectivity index (χ1) is 13.4. The average Bonchev–Trinajstić information content (AvgIpc) is 2.63. The number of halogens is 6. The number of pyridine rings is 1. The van der Waals surface area contributed by atoms with Crippen LogP contribution in [0.5, 0.6) is 0 Å². The molecule has 0 fully saturated rings. The number of nitrogens with zero attached hydrogens (tertiary/aromatic N) is 2. The number of alkyl halides is 6. The van der Waals surface area contributed by atoms with E-state index in [-0.39, 0.29) is 17.2 Å². The summed E-state index contributed by atoms with van der Waals surface area (Å²) in [6.45, 7) is 0. The largest absolute Gasteiger partial charge is 0.478 e. The van der Waals surface area contributed by atoms with Gasteiger partial charge in [-0.05, 0) is 35.9 Å². The summed E-state index contributed by atoms with van der Waals surface area (Å²) >= 11 is 0. The van der Waals surface area contributed by atoms with Crippen molar-refractivity contribution in [3.63, 3.8) is 0 Å². The molecule has 0 saturated carbocycles. The Morgan fingerprint density at radius 1 is 1.00 bits per heavy atom. The van der Waals surface area contributed by atoms with Crippen molar-refractivity contribution in [1.29, 1.82) is 0 Å². The molecule has 0 amide bonds. The second-order valence-corrected chi connectivity index (χ2v) is 5.52. The number of carbonyl (C=O) groups is 1. The van der Waals surface area contributed by atoms with E-state index in [9.17, 15) is 36.2 Å². The fourth-order valence-electron chi connectivity index (χ4n) is 2.13. The highest BCUT2D eigenvalue weighted by atomic mass is 19.4. The van der Waals surface area contributed by atoms with Gasteiger partial charge in [0.15, 0.2) is 5.84 Å². The summed E-state index contributed by atoms with van der Waals surface area (Å²) in [5, 5.41) is 12.6. The molecule has 0 unspecified atom stereocenters. The van der Waals surface area contributed by atoms with E-state index in [2.05, 4.69) is 15.5 Å². The van der Waals surface area contributed by atoms with E-state index < -0.39 is 40.8 Å². The lowest BCUT2D eigenvalue weighted by Gasteiger charge is -2.14. The maximum atomic E-state index is 12.9. The zero-order valence-corrected chi connectivity index (χ0v) is 14.2. The monoisotopic (exact) mass is 418 g/mol. The third kappa shape index (κ3) is 5.70. The SMILES string of the molecule is N/C(=N\N/C=C(/C(=O)O)c1ccncc1)c1cc(C(F)(F)F)cc(C(F)(F)F)c1. The molecule has 0 aliphatic heterocycles. The van der Waals surface area contributed by atoms with Gasteiger partial charge in [0.05, 0.1) is 16.7 Å².